The fourth-order valence-corrected chi connectivity index (χ4v) is 3.13. The molecule has 6 heteroatoms. The summed E-state index contributed by atoms with van der Waals surface area (Å²) < 4.78 is 6.78. The van der Waals surface area contributed by atoms with E-state index in [1.54, 1.807) is 6.20 Å². The van der Waals surface area contributed by atoms with Crippen LogP contribution in [0.2, 0.25) is 0 Å². The predicted molar refractivity (Wildman–Crippen MR) is 103 cm³/mol. The molecule has 0 amide bonds. The van der Waals surface area contributed by atoms with Gasteiger partial charge in [0.1, 0.15) is 12.3 Å². The summed E-state index contributed by atoms with van der Waals surface area (Å²) in [7, 11) is 0. The highest BCUT2D eigenvalue weighted by Gasteiger charge is 2.09. The highest BCUT2D eigenvalue weighted by atomic mass is 16.5. The number of nitrogens with zero attached hydrogens (tertiary/aromatic N) is 2. The number of carbonyl (C=O) groups is 1. The van der Waals surface area contributed by atoms with Gasteiger partial charge < -0.3 is 9.72 Å². The van der Waals surface area contributed by atoms with Gasteiger partial charge in [-0.25, -0.2) is 4.98 Å². The Balaban J connectivity index is 1.40. The van der Waals surface area contributed by atoms with Crippen molar-refractivity contribution in [1.82, 2.24) is 14.4 Å². The van der Waals surface area contributed by atoms with Crippen molar-refractivity contribution < 1.29 is 9.53 Å². The van der Waals surface area contributed by atoms with Crippen LogP contribution in [0, 0.1) is 6.92 Å². The number of esters is 1. The van der Waals surface area contributed by atoms with Gasteiger partial charge in [0.15, 0.2) is 0 Å². The first-order chi connectivity index (χ1) is 13.1. The molecule has 0 aliphatic carbocycles. The van der Waals surface area contributed by atoms with Crippen LogP contribution < -0.4 is 5.56 Å². The Bertz CT molecular complexity index is 1190. The van der Waals surface area contributed by atoms with Crippen LogP contribution in [0.1, 0.15) is 23.2 Å². The molecule has 0 saturated carbocycles. The van der Waals surface area contributed by atoms with E-state index in [9.17, 15) is 9.59 Å². The van der Waals surface area contributed by atoms with E-state index in [0.29, 0.717) is 17.8 Å². The molecular formula is C21H19N3O3. The van der Waals surface area contributed by atoms with E-state index in [4.69, 9.17) is 4.74 Å². The van der Waals surface area contributed by atoms with E-state index in [-0.39, 0.29) is 24.6 Å². The second-order valence-corrected chi connectivity index (χ2v) is 6.54. The summed E-state index contributed by atoms with van der Waals surface area (Å²) in [6.45, 7) is 1.93. The fourth-order valence-electron chi connectivity index (χ4n) is 3.13. The molecule has 0 saturated heterocycles. The molecule has 0 bridgehead atoms. The first kappa shape index (κ1) is 17.0. The highest BCUT2D eigenvalue weighted by molar-refractivity contribution is 5.83. The Labute approximate surface area is 155 Å². The van der Waals surface area contributed by atoms with Crippen LogP contribution >= 0.6 is 0 Å². The molecule has 0 radical (unpaired) electrons. The van der Waals surface area contributed by atoms with Crippen molar-refractivity contribution in [2.24, 2.45) is 0 Å². The number of aromatic nitrogens is 3. The van der Waals surface area contributed by atoms with E-state index in [1.807, 2.05) is 49.5 Å². The Morgan fingerprint density at radius 1 is 1.22 bits per heavy atom. The minimum absolute atomic E-state index is 0.00754. The predicted octanol–water partition coefficient (Wildman–Crippen LogP) is 3.16. The third-order valence-corrected chi connectivity index (χ3v) is 4.53. The molecule has 4 rings (SSSR count). The van der Waals surface area contributed by atoms with E-state index in [2.05, 4.69) is 9.97 Å². The van der Waals surface area contributed by atoms with Crippen molar-refractivity contribution in [3.8, 4) is 0 Å². The lowest BCUT2D eigenvalue weighted by Gasteiger charge is -2.06. The molecular weight excluding hydrogens is 342 g/mol. The van der Waals surface area contributed by atoms with Crippen molar-refractivity contribution in [2.75, 3.05) is 0 Å². The van der Waals surface area contributed by atoms with E-state index >= 15 is 0 Å². The van der Waals surface area contributed by atoms with Crippen molar-refractivity contribution in [2.45, 2.75) is 26.4 Å². The Hall–Kier alpha value is -3.41. The minimum atomic E-state index is -0.313. The zero-order valence-corrected chi connectivity index (χ0v) is 14.9. The Kier molecular flexibility index (Phi) is 4.46. The number of hydrogen-bond acceptors (Lipinski definition) is 4. The van der Waals surface area contributed by atoms with Gasteiger partial charge in [0.25, 0.3) is 5.56 Å². The number of hydrogen-bond donors (Lipinski definition) is 1. The summed E-state index contributed by atoms with van der Waals surface area (Å²) >= 11 is 0. The van der Waals surface area contributed by atoms with Crippen LogP contribution in [0.3, 0.4) is 0 Å². The third kappa shape index (κ3) is 3.60. The summed E-state index contributed by atoms with van der Waals surface area (Å²) in [6, 6.07) is 13.0. The number of pyridine rings is 1. The number of para-hydroxylation sites is 1. The standard InChI is InChI=1S/C21H19N3O3/c1-14-8-9-24-19(10-14)23-16(11-20(24)25)13-27-21(26)7-6-15-12-22-18-5-3-2-4-17(15)18/h2-5,8-12,22H,6-7,13H2,1H3. The first-order valence-corrected chi connectivity index (χ1v) is 8.80. The number of H-pyrrole nitrogens is 1. The summed E-state index contributed by atoms with van der Waals surface area (Å²) in [6.07, 6.45) is 4.48. The van der Waals surface area contributed by atoms with Gasteiger partial charge >= 0.3 is 5.97 Å². The van der Waals surface area contributed by atoms with Crippen LogP contribution in [0.25, 0.3) is 16.6 Å². The maximum atomic E-state index is 12.1. The number of ether oxygens (including phenoxy) is 1. The lowest BCUT2D eigenvalue weighted by Crippen LogP contribution is -2.16. The SMILES string of the molecule is Cc1ccn2c(=O)cc(COC(=O)CCc3c[nH]c4ccccc34)nc2c1. The maximum absolute atomic E-state index is 12.1. The molecule has 0 atom stereocenters. The van der Waals surface area contributed by atoms with Gasteiger partial charge in [0.05, 0.1) is 5.69 Å². The van der Waals surface area contributed by atoms with E-state index < -0.39 is 0 Å². The zero-order valence-electron chi connectivity index (χ0n) is 14.9. The molecule has 0 unspecified atom stereocenters. The van der Waals surface area contributed by atoms with Gasteiger partial charge in [-0.3, -0.25) is 14.0 Å². The highest BCUT2D eigenvalue weighted by Crippen LogP contribution is 2.19. The van der Waals surface area contributed by atoms with Gasteiger partial charge in [0.2, 0.25) is 0 Å². The fraction of sp³-hybridized carbons (Fsp3) is 0.190. The summed E-state index contributed by atoms with van der Waals surface area (Å²) in [4.78, 5) is 31.8. The second kappa shape index (κ2) is 7.07. The summed E-state index contributed by atoms with van der Waals surface area (Å²) in [5.74, 6) is -0.313. The van der Waals surface area contributed by atoms with Gasteiger partial charge in [-0.05, 0) is 42.7 Å². The molecule has 6 nitrogen and oxygen atoms in total. The van der Waals surface area contributed by atoms with Gasteiger partial charge in [-0.15, -0.1) is 0 Å². The van der Waals surface area contributed by atoms with Crippen LogP contribution in [-0.4, -0.2) is 20.3 Å². The summed E-state index contributed by atoms with van der Waals surface area (Å²) in [5, 5.41) is 1.12. The zero-order chi connectivity index (χ0) is 18.8. The van der Waals surface area contributed by atoms with Crippen molar-refractivity contribution in [1.29, 1.82) is 0 Å². The number of aryl methyl sites for hydroxylation is 2. The van der Waals surface area contributed by atoms with Crippen LogP contribution in [0.4, 0.5) is 0 Å². The second-order valence-electron chi connectivity index (χ2n) is 6.54. The normalized spacial score (nSPS) is 11.1. The topological polar surface area (TPSA) is 76.5 Å². The van der Waals surface area contributed by atoms with Crippen LogP contribution in [-0.2, 0) is 22.6 Å². The van der Waals surface area contributed by atoms with Gasteiger partial charge in [-0.2, -0.15) is 0 Å². The Morgan fingerprint density at radius 3 is 2.96 bits per heavy atom. The lowest BCUT2D eigenvalue weighted by atomic mass is 10.1. The molecule has 4 aromatic rings. The minimum Gasteiger partial charge on any atom is -0.459 e. The smallest absolute Gasteiger partial charge is 0.306 e. The van der Waals surface area contributed by atoms with Gasteiger partial charge in [0, 0.05) is 35.8 Å². The third-order valence-electron chi connectivity index (χ3n) is 4.53. The molecule has 1 aromatic carbocycles. The summed E-state index contributed by atoms with van der Waals surface area (Å²) in [5.41, 5.74) is 3.95. The largest absolute Gasteiger partial charge is 0.459 e. The maximum Gasteiger partial charge on any atom is 0.306 e. The van der Waals surface area contributed by atoms with E-state index in [1.165, 1.54) is 10.5 Å². The van der Waals surface area contributed by atoms with E-state index in [0.717, 1.165) is 22.0 Å². The first-order valence-electron chi connectivity index (χ1n) is 8.80. The lowest BCUT2D eigenvalue weighted by molar-refractivity contribution is -0.145. The molecule has 1 N–H and O–H groups in total. The monoisotopic (exact) mass is 361 g/mol. The molecule has 0 fully saturated rings. The number of benzene rings is 1. The molecule has 0 spiro atoms. The average Bonchev–Trinajstić information content (AvgIpc) is 3.07. The number of nitrogens with one attached hydrogen (secondary N) is 1. The molecule has 136 valence electrons. The number of aromatic amines is 1. The molecule has 27 heavy (non-hydrogen) atoms. The van der Waals surface area contributed by atoms with Gasteiger partial charge in [-0.1, -0.05) is 18.2 Å². The average molecular weight is 361 g/mol. The quantitative estimate of drug-likeness (QED) is 0.554. The number of rotatable bonds is 5. The number of fused-ring (bicyclic) bond motifs is 2. The van der Waals surface area contributed by atoms with Crippen LogP contribution in [0.15, 0.2) is 59.7 Å². The van der Waals surface area contributed by atoms with Crippen LogP contribution in [0.5, 0.6) is 0 Å². The molecule has 0 aliphatic rings. The molecule has 3 heterocycles. The van der Waals surface area contributed by atoms with Crippen molar-refractivity contribution in [3.05, 3.63) is 82.0 Å². The molecule has 3 aromatic heterocycles. The Morgan fingerprint density at radius 2 is 2.07 bits per heavy atom. The number of carbonyl (C=O) groups excluding carboxylic acids is 1. The van der Waals surface area contributed by atoms with Crippen molar-refractivity contribution >= 4 is 22.5 Å². The molecule has 0 aliphatic heterocycles. The van der Waals surface area contributed by atoms with Crippen molar-refractivity contribution in [3.63, 3.8) is 0 Å².